The normalized spacial score (nSPS) is 17.0. The average molecular weight is 378 g/mol. The molecule has 0 radical (unpaired) electrons. The van der Waals surface area contributed by atoms with E-state index in [1.165, 1.54) is 30.3 Å². The monoisotopic (exact) mass is 378 g/mol. The number of amides is 1. The number of halogens is 1. The number of benzene rings is 2. The van der Waals surface area contributed by atoms with E-state index in [-0.39, 0.29) is 28.2 Å². The van der Waals surface area contributed by atoms with Crippen LogP contribution in [0.2, 0.25) is 0 Å². The van der Waals surface area contributed by atoms with Crippen molar-refractivity contribution < 1.29 is 22.3 Å². The van der Waals surface area contributed by atoms with Gasteiger partial charge < -0.3 is 10.1 Å². The third-order valence-electron chi connectivity index (χ3n) is 4.02. The third-order valence-corrected chi connectivity index (χ3v) is 5.40. The number of hydrogen-bond donors (Lipinski definition) is 2. The largest absolute Gasteiger partial charge is 0.376 e. The number of rotatable bonds is 6. The zero-order chi connectivity index (χ0) is 18.6. The summed E-state index contributed by atoms with van der Waals surface area (Å²) in [4.78, 5) is 12.2. The Bertz CT molecular complexity index is 878. The van der Waals surface area contributed by atoms with Crippen molar-refractivity contribution in [1.82, 2.24) is 5.32 Å². The highest BCUT2D eigenvalue weighted by molar-refractivity contribution is 7.92. The lowest BCUT2D eigenvalue weighted by Crippen LogP contribution is -2.31. The molecule has 1 heterocycles. The lowest BCUT2D eigenvalue weighted by atomic mass is 10.2. The number of sulfonamides is 1. The summed E-state index contributed by atoms with van der Waals surface area (Å²) in [6.07, 6.45) is 1.88. The molecule has 3 rings (SSSR count). The van der Waals surface area contributed by atoms with Crippen LogP contribution in [0.15, 0.2) is 53.4 Å². The second-order valence-corrected chi connectivity index (χ2v) is 7.67. The van der Waals surface area contributed by atoms with Gasteiger partial charge in [0.1, 0.15) is 5.82 Å². The van der Waals surface area contributed by atoms with Crippen LogP contribution in [-0.4, -0.2) is 33.6 Å². The molecule has 6 nitrogen and oxygen atoms in total. The van der Waals surface area contributed by atoms with Crippen molar-refractivity contribution in [2.45, 2.75) is 23.8 Å². The van der Waals surface area contributed by atoms with Crippen LogP contribution >= 0.6 is 0 Å². The fourth-order valence-electron chi connectivity index (χ4n) is 2.65. The van der Waals surface area contributed by atoms with E-state index in [2.05, 4.69) is 10.0 Å². The summed E-state index contributed by atoms with van der Waals surface area (Å²) in [6, 6.07) is 10.7. The Hall–Kier alpha value is -2.45. The number of nitrogens with one attached hydrogen (secondary N) is 2. The molecular formula is C18H19FN2O4S. The van der Waals surface area contributed by atoms with E-state index in [4.69, 9.17) is 4.74 Å². The minimum Gasteiger partial charge on any atom is -0.376 e. The third kappa shape index (κ3) is 4.59. The van der Waals surface area contributed by atoms with Gasteiger partial charge in [0.2, 0.25) is 0 Å². The summed E-state index contributed by atoms with van der Waals surface area (Å²) in [6.45, 7) is 1.09. The van der Waals surface area contributed by atoms with Crippen LogP contribution in [0.1, 0.15) is 23.2 Å². The summed E-state index contributed by atoms with van der Waals surface area (Å²) >= 11 is 0. The van der Waals surface area contributed by atoms with E-state index < -0.39 is 15.8 Å². The minimum atomic E-state index is -3.89. The molecule has 138 valence electrons. The fourth-order valence-corrected chi connectivity index (χ4v) is 3.75. The lowest BCUT2D eigenvalue weighted by molar-refractivity contribution is 0.0857. The van der Waals surface area contributed by atoms with E-state index in [1.807, 2.05) is 0 Å². The summed E-state index contributed by atoms with van der Waals surface area (Å²) < 4.78 is 45.7. The first-order valence-corrected chi connectivity index (χ1v) is 9.71. The number of hydrogen-bond acceptors (Lipinski definition) is 4. The zero-order valence-corrected chi connectivity index (χ0v) is 14.8. The van der Waals surface area contributed by atoms with E-state index >= 15 is 0 Å². The lowest BCUT2D eigenvalue weighted by Gasteiger charge is -2.12. The summed E-state index contributed by atoms with van der Waals surface area (Å²) in [5.41, 5.74) is 0.476. The van der Waals surface area contributed by atoms with E-state index in [1.54, 1.807) is 6.07 Å². The van der Waals surface area contributed by atoms with Gasteiger partial charge in [-0.3, -0.25) is 9.52 Å². The second kappa shape index (κ2) is 7.84. The highest BCUT2D eigenvalue weighted by Gasteiger charge is 2.19. The van der Waals surface area contributed by atoms with Crippen molar-refractivity contribution in [3.63, 3.8) is 0 Å². The van der Waals surface area contributed by atoms with E-state index in [0.29, 0.717) is 13.2 Å². The molecule has 0 unspecified atom stereocenters. The van der Waals surface area contributed by atoms with Crippen molar-refractivity contribution in [3.8, 4) is 0 Å². The second-order valence-electron chi connectivity index (χ2n) is 5.99. The van der Waals surface area contributed by atoms with Gasteiger partial charge in [0.25, 0.3) is 15.9 Å². The molecule has 1 saturated heterocycles. The Morgan fingerprint density at radius 3 is 2.65 bits per heavy atom. The van der Waals surface area contributed by atoms with Crippen LogP contribution in [0.4, 0.5) is 10.1 Å². The smallest absolute Gasteiger partial charge is 0.261 e. The maximum absolute atomic E-state index is 12.9. The molecule has 8 heteroatoms. The molecule has 0 aromatic heterocycles. The molecule has 0 spiro atoms. The predicted octanol–water partition coefficient (Wildman–Crippen LogP) is 2.54. The Morgan fingerprint density at radius 2 is 1.96 bits per heavy atom. The van der Waals surface area contributed by atoms with Crippen molar-refractivity contribution in [1.29, 1.82) is 0 Å². The topological polar surface area (TPSA) is 84.5 Å². The van der Waals surface area contributed by atoms with Crippen molar-refractivity contribution in [2.24, 2.45) is 0 Å². The SMILES string of the molecule is O=C(NC[C@@H]1CCCO1)c1cccc(S(=O)(=O)Nc2ccc(F)cc2)c1. The van der Waals surface area contributed by atoms with Crippen molar-refractivity contribution in [2.75, 3.05) is 17.9 Å². The Balaban J connectivity index is 1.70. The van der Waals surface area contributed by atoms with Gasteiger partial charge in [0.15, 0.2) is 0 Å². The predicted molar refractivity (Wildman–Crippen MR) is 95.0 cm³/mol. The van der Waals surface area contributed by atoms with Crippen molar-refractivity contribution in [3.05, 3.63) is 59.9 Å². The van der Waals surface area contributed by atoms with E-state index in [9.17, 15) is 17.6 Å². The van der Waals surface area contributed by atoms with Gasteiger partial charge in [-0.1, -0.05) is 6.07 Å². The van der Waals surface area contributed by atoms with E-state index in [0.717, 1.165) is 25.0 Å². The Labute approximate surface area is 151 Å². The molecule has 1 aliphatic heterocycles. The maximum atomic E-state index is 12.9. The van der Waals surface area contributed by atoms with Crippen molar-refractivity contribution >= 4 is 21.6 Å². The van der Waals surface area contributed by atoms with Crippen LogP contribution in [0.25, 0.3) is 0 Å². The molecular weight excluding hydrogens is 359 g/mol. The molecule has 0 bridgehead atoms. The number of ether oxygens (including phenoxy) is 1. The molecule has 2 aromatic carbocycles. The Kier molecular flexibility index (Phi) is 5.53. The first-order chi connectivity index (χ1) is 12.4. The van der Waals surface area contributed by atoms with Gasteiger partial charge in [-0.25, -0.2) is 12.8 Å². The van der Waals surface area contributed by atoms with Gasteiger partial charge in [0.05, 0.1) is 11.0 Å². The summed E-state index contributed by atoms with van der Waals surface area (Å²) in [5.74, 6) is -0.822. The molecule has 2 aromatic rings. The number of carbonyl (C=O) groups excluding carboxylic acids is 1. The van der Waals surface area contributed by atoms with Crippen LogP contribution < -0.4 is 10.0 Å². The minimum absolute atomic E-state index is 0.00556. The first-order valence-electron chi connectivity index (χ1n) is 8.22. The van der Waals surface area contributed by atoms with Crippen LogP contribution in [-0.2, 0) is 14.8 Å². The average Bonchev–Trinajstić information content (AvgIpc) is 3.15. The highest BCUT2D eigenvalue weighted by atomic mass is 32.2. The molecule has 2 N–H and O–H groups in total. The van der Waals surface area contributed by atoms with Gasteiger partial charge in [0, 0.05) is 24.4 Å². The number of anilines is 1. The standard InChI is InChI=1S/C18H19FN2O4S/c19-14-6-8-15(9-7-14)21-26(23,24)17-5-1-3-13(11-17)18(22)20-12-16-4-2-10-25-16/h1,3,5-9,11,16,21H,2,4,10,12H2,(H,20,22)/t16-/m0/s1. The first kappa shape index (κ1) is 18.3. The van der Waals surface area contributed by atoms with Gasteiger partial charge in [-0.05, 0) is 55.3 Å². The number of carbonyl (C=O) groups is 1. The van der Waals surface area contributed by atoms with Gasteiger partial charge in [-0.2, -0.15) is 0 Å². The highest BCUT2D eigenvalue weighted by Crippen LogP contribution is 2.18. The zero-order valence-electron chi connectivity index (χ0n) is 13.9. The Morgan fingerprint density at radius 1 is 1.19 bits per heavy atom. The molecule has 26 heavy (non-hydrogen) atoms. The fraction of sp³-hybridized carbons (Fsp3) is 0.278. The maximum Gasteiger partial charge on any atom is 0.261 e. The van der Waals surface area contributed by atoms with Crippen LogP contribution in [0, 0.1) is 5.82 Å². The van der Waals surface area contributed by atoms with Gasteiger partial charge in [-0.15, -0.1) is 0 Å². The molecule has 1 atom stereocenters. The van der Waals surface area contributed by atoms with Gasteiger partial charge >= 0.3 is 0 Å². The summed E-state index contributed by atoms with van der Waals surface area (Å²) in [7, 11) is -3.89. The van der Waals surface area contributed by atoms with Crippen LogP contribution in [0.3, 0.4) is 0 Å². The molecule has 0 saturated carbocycles. The molecule has 0 aliphatic carbocycles. The van der Waals surface area contributed by atoms with Crippen LogP contribution in [0.5, 0.6) is 0 Å². The molecule has 1 fully saturated rings. The summed E-state index contributed by atoms with van der Waals surface area (Å²) in [5, 5.41) is 2.75. The quantitative estimate of drug-likeness (QED) is 0.809. The molecule has 1 amide bonds. The molecule has 1 aliphatic rings.